The Morgan fingerprint density at radius 3 is 2.55 bits per heavy atom. The summed E-state index contributed by atoms with van der Waals surface area (Å²) in [7, 11) is 0. The number of hydrogen-bond acceptors (Lipinski definition) is 3. The van der Waals surface area contributed by atoms with Crippen molar-refractivity contribution in [2.24, 2.45) is 0 Å². The molecular weight excluding hydrogens is 334 g/mol. The van der Waals surface area contributed by atoms with Gasteiger partial charge in [-0.25, -0.2) is 4.39 Å². The van der Waals surface area contributed by atoms with Gasteiger partial charge in [-0.05, 0) is 19.1 Å². The lowest BCUT2D eigenvalue weighted by atomic mass is 10.2. The van der Waals surface area contributed by atoms with Crippen molar-refractivity contribution in [1.82, 2.24) is 10.2 Å². The molecule has 0 saturated carbocycles. The molecule has 1 aliphatic rings. The maximum atomic E-state index is 13.4. The van der Waals surface area contributed by atoms with Crippen LogP contribution in [-0.4, -0.2) is 49.1 Å². The van der Waals surface area contributed by atoms with Gasteiger partial charge in [-0.2, -0.15) is 0 Å². The Bertz CT molecular complexity index is 592. The van der Waals surface area contributed by atoms with Crippen LogP contribution in [0.3, 0.4) is 0 Å². The van der Waals surface area contributed by atoms with Gasteiger partial charge in [0, 0.05) is 13.1 Å². The molecular formula is C14H15Cl2FN2O3. The summed E-state index contributed by atoms with van der Waals surface area (Å²) in [6.45, 7) is 3.47. The zero-order valence-corrected chi connectivity index (χ0v) is 13.4. The molecule has 8 heteroatoms. The highest BCUT2D eigenvalue weighted by Gasteiger charge is 2.25. The predicted octanol–water partition coefficient (Wildman–Crippen LogP) is 2.11. The second-order valence-electron chi connectivity index (χ2n) is 4.88. The number of amides is 2. The third kappa shape index (κ3) is 3.88. The van der Waals surface area contributed by atoms with Gasteiger partial charge in [0.2, 0.25) is 5.91 Å². The third-order valence-electron chi connectivity index (χ3n) is 3.30. The molecule has 0 bridgehead atoms. The fourth-order valence-corrected chi connectivity index (χ4v) is 2.56. The molecule has 120 valence electrons. The van der Waals surface area contributed by atoms with Gasteiger partial charge < -0.3 is 15.0 Å². The first-order chi connectivity index (χ1) is 10.4. The van der Waals surface area contributed by atoms with Crippen LogP contribution < -0.4 is 5.32 Å². The van der Waals surface area contributed by atoms with E-state index in [4.69, 9.17) is 27.9 Å². The number of halogens is 3. The standard InChI is InChI=1S/C14H15Cl2FN2O3/c1-8(14(21)19-2-4-22-5-3-19)18-13(20)9-6-12(17)11(16)7-10(9)15/h6-8H,2-5H2,1H3,(H,18,20)/t8-/m0/s1. The Balaban J connectivity index is 2.04. The highest BCUT2D eigenvalue weighted by molar-refractivity contribution is 6.36. The van der Waals surface area contributed by atoms with Crippen LogP contribution in [0.15, 0.2) is 12.1 Å². The molecule has 1 N–H and O–H groups in total. The Morgan fingerprint density at radius 1 is 1.27 bits per heavy atom. The summed E-state index contributed by atoms with van der Waals surface area (Å²) in [6, 6.07) is 1.36. The fourth-order valence-electron chi connectivity index (χ4n) is 2.09. The Morgan fingerprint density at radius 2 is 1.91 bits per heavy atom. The summed E-state index contributed by atoms with van der Waals surface area (Å²) in [5, 5.41) is 2.37. The van der Waals surface area contributed by atoms with Gasteiger partial charge in [0.05, 0.1) is 28.8 Å². The van der Waals surface area contributed by atoms with Gasteiger partial charge in [-0.1, -0.05) is 23.2 Å². The molecule has 0 radical (unpaired) electrons. The Labute approximate surface area is 137 Å². The lowest BCUT2D eigenvalue weighted by Gasteiger charge is -2.29. The minimum absolute atomic E-state index is 0.0231. The van der Waals surface area contributed by atoms with Crippen LogP contribution in [0.2, 0.25) is 10.0 Å². The van der Waals surface area contributed by atoms with E-state index in [1.807, 2.05) is 0 Å². The second-order valence-corrected chi connectivity index (χ2v) is 5.69. The summed E-state index contributed by atoms with van der Waals surface area (Å²) in [4.78, 5) is 25.9. The molecule has 0 aromatic heterocycles. The van der Waals surface area contributed by atoms with E-state index in [2.05, 4.69) is 5.32 Å². The minimum Gasteiger partial charge on any atom is -0.378 e. The van der Waals surface area contributed by atoms with Crippen molar-refractivity contribution in [3.8, 4) is 0 Å². The van der Waals surface area contributed by atoms with E-state index in [0.717, 1.165) is 12.1 Å². The normalized spacial score (nSPS) is 16.3. The van der Waals surface area contributed by atoms with Crippen molar-refractivity contribution >= 4 is 35.0 Å². The number of nitrogens with zero attached hydrogens (tertiary/aromatic N) is 1. The molecule has 1 fully saturated rings. The highest BCUT2D eigenvalue weighted by Crippen LogP contribution is 2.24. The molecule has 22 heavy (non-hydrogen) atoms. The quantitative estimate of drug-likeness (QED) is 0.851. The molecule has 1 atom stereocenters. The molecule has 1 aromatic rings. The number of carbonyl (C=O) groups is 2. The van der Waals surface area contributed by atoms with E-state index in [1.54, 1.807) is 11.8 Å². The van der Waals surface area contributed by atoms with E-state index < -0.39 is 17.8 Å². The van der Waals surface area contributed by atoms with Gasteiger partial charge in [-0.3, -0.25) is 9.59 Å². The molecule has 1 aliphatic heterocycles. The largest absolute Gasteiger partial charge is 0.378 e. The van der Waals surface area contributed by atoms with Gasteiger partial charge in [0.1, 0.15) is 11.9 Å². The SMILES string of the molecule is C[C@H](NC(=O)c1cc(F)c(Cl)cc1Cl)C(=O)N1CCOCC1. The number of nitrogens with one attached hydrogen (secondary N) is 1. The van der Waals surface area contributed by atoms with E-state index in [9.17, 15) is 14.0 Å². The molecule has 0 unspecified atom stereocenters. The topological polar surface area (TPSA) is 58.6 Å². The van der Waals surface area contributed by atoms with E-state index in [0.29, 0.717) is 26.3 Å². The summed E-state index contributed by atoms with van der Waals surface area (Å²) >= 11 is 11.5. The fraction of sp³-hybridized carbons (Fsp3) is 0.429. The zero-order valence-electron chi connectivity index (χ0n) is 11.9. The smallest absolute Gasteiger partial charge is 0.253 e. The first kappa shape index (κ1) is 17.0. The van der Waals surface area contributed by atoms with Gasteiger partial charge in [-0.15, -0.1) is 0 Å². The lowest BCUT2D eigenvalue weighted by Crippen LogP contribution is -2.50. The Kier molecular flexibility index (Phi) is 5.61. The number of morpholine rings is 1. The van der Waals surface area contributed by atoms with Gasteiger partial charge >= 0.3 is 0 Å². The monoisotopic (exact) mass is 348 g/mol. The molecule has 1 heterocycles. The van der Waals surface area contributed by atoms with Crippen LogP contribution in [0.5, 0.6) is 0 Å². The number of benzene rings is 1. The van der Waals surface area contributed by atoms with Crippen molar-refractivity contribution in [3.63, 3.8) is 0 Å². The molecule has 2 amide bonds. The first-order valence-electron chi connectivity index (χ1n) is 6.72. The van der Waals surface area contributed by atoms with Crippen LogP contribution >= 0.6 is 23.2 Å². The summed E-state index contributed by atoms with van der Waals surface area (Å²) in [5.41, 5.74) is -0.0646. The third-order valence-corrected chi connectivity index (χ3v) is 3.90. The average Bonchev–Trinajstić information content (AvgIpc) is 2.50. The van der Waals surface area contributed by atoms with Crippen molar-refractivity contribution in [2.75, 3.05) is 26.3 Å². The Hall–Kier alpha value is -1.37. The average molecular weight is 349 g/mol. The highest BCUT2D eigenvalue weighted by atomic mass is 35.5. The number of hydrogen-bond donors (Lipinski definition) is 1. The number of rotatable bonds is 3. The van der Waals surface area contributed by atoms with Crippen molar-refractivity contribution < 1.29 is 18.7 Å². The molecule has 5 nitrogen and oxygen atoms in total. The van der Waals surface area contributed by atoms with Crippen molar-refractivity contribution in [3.05, 3.63) is 33.6 Å². The van der Waals surface area contributed by atoms with Gasteiger partial charge in [0.15, 0.2) is 0 Å². The number of carbonyl (C=O) groups excluding carboxylic acids is 2. The minimum atomic E-state index is -0.750. The van der Waals surface area contributed by atoms with Crippen LogP contribution in [0.25, 0.3) is 0 Å². The van der Waals surface area contributed by atoms with Crippen molar-refractivity contribution in [2.45, 2.75) is 13.0 Å². The lowest BCUT2D eigenvalue weighted by molar-refractivity contribution is -0.136. The predicted molar refractivity (Wildman–Crippen MR) is 80.7 cm³/mol. The maximum Gasteiger partial charge on any atom is 0.253 e. The maximum absolute atomic E-state index is 13.4. The van der Waals surface area contributed by atoms with Crippen molar-refractivity contribution in [1.29, 1.82) is 0 Å². The summed E-state index contributed by atoms with van der Waals surface area (Å²) in [6.07, 6.45) is 0. The first-order valence-corrected chi connectivity index (χ1v) is 7.47. The van der Waals surface area contributed by atoms with E-state index in [-0.39, 0.29) is 21.5 Å². The van der Waals surface area contributed by atoms with Crippen LogP contribution in [0, 0.1) is 5.82 Å². The molecule has 0 spiro atoms. The van der Waals surface area contributed by atoms with E-state index in [1.165, 1.54) is 0 Å². The summed E-state index contributed by atoms with van der Waals surface area (Å²) < 4.78 is 18.6. The molecule has 1 saturated heterocycles. The molecule has 1 aromatic carbocycles. The van der Waals surface area contributed by atoms with Gasteiger partial charge in [0.25, 0.3) is 5.91 Å². The molecule has 0 aliphatic carbocycles. The molecule has 2 rings (SSSR count). The summed E-state index contributed by atoms with van der Waals surface area (Å²) in [5.74, 6) is -1.60. The number of ether oxygens (including phenoxy) is 1. The zero-order chi connectivity index (χ0) is 16.3. The van der Waals surface area contributed by atoms with Crippen LogP contribution in [-0.2, 0) is 9.53 Å². The van der Waals surface area contributed by atoms with E-state index >= 15 is 0 Å². The second kappa shape index (κ2) is 7.26. The van der Waals surface area contributed by atoms with Crippen LogP contribution in [0.1, 0.15) is 17.3 Å². The van der Waals surface area contributed by atoms with Crippen LogP contribution in [0.4, 0.5) is 4.39 Å².